The Labute approximate surface area is 159 Å². The fourth-order valence-corrected chi connectivity index (χ4v) is 3.67. The number of halogens is 1. The van der Waals surface area contributed by atoms with E-state index in [-0.39, 0.29) is 24.9 Å². The highest BCUT2D eigenvalue weighted by Crippen LogP contribution is 2.30. The van der Waals surface area contributed by atoms with Gasteiger partial charge in [-0.1, -0.05) is 0 Å². The predicted molar refractivity (Wildman–Crippen MR) is 99.9 cm³/mol. The van der Waals surface area contributed by atoms with Crippen LogP contribution in [0.5, 0.6) is 11.5 Å². The van der Waals surface area contributed by atoms with E-state index >= 15 is 0 Å². The van der Waals surface area contributed by atoms with Gasteiger partial charge in [-0.2, -0.15) is 0 Å². The van der Waals surface area contributed by atoms with E-state index in [9.17, 15) is 9.59 Å². The molecule has 0 saturated carbocycles. The molecule has 0 unspecified atom stereocenters. The second-order valence-electron chi connectivity index (χ2n) is 6.67. The first-order chi connectivity index (χ1) is 12.1. The number of primary amides is 1. The Morgan fingerprint density at radius 1 is 1.19 bits per heavy atom. The van der Waals surface area contributed by atoms with Crippen molar-refractivity contribution in [3.8, 4) is 11.5 Å². The summed E-state index contributed by atoms with van der Waals surface area (Å²) in [5, 5.41) is 3.44. The van der Waals surface area contributed by atoms with Crippen molar-refractivity contribution in [2.24, 2.45) is 17.6 Å². The fraction of sp³-hybridized carbons (Fsp3) is 0.556. The average molecular weight is 384 g/mol. The fourth-order valence-electron chi connectivity index (χ4n) is 3.67. The third kappa shape index (κ3) is 4.59. The molecule has 0 bridgehead atoms. The lowest BCUT2D eigenvalue weighted by Crippen LogP contribution is -2.32. The highest BCUT2D eigenvalue weighted by Gasteiger charge is 2.31. The van der Waals surface area contributed by atoms with Crippen molar-refractivity contribution in [3.05, 3.63) is 23.8 Å². The number of benzene rings is 1. The molecule has 2 saturated heterocycles. The molecule has 0 radical (unpaired) electrons. The number of carbonyl (C=O) groups excluding carboxylic acids is 2. The van der Waals surface area contributed by atoms with E-state index in [1.807, 2.05) is 4.90 Å². The smallest absolute Gasteiger partial charge is 0.255 e. The zero-order valence-corrected chi connectivity index (χ0v) is 15.7. The van der Waals surface area contributed by atoms with E-state index in [4.69, 9.17) is 15.2 Å². The molecule has 2 aliphatic heterocycles. The van der Waals surface area contributed by atoms with Gasteiger partial charge in [0.25, 0.3) is 11.8 Å². The van der Waals surface area contributed by atoms with Crippen LogP contribution in [0.2, 0.25) is 0 Å². The Morgan fingerprint density at radius 2 is 1.85 bits per heavy atom. The standard InChI is InChI=1S/C18H25N3O4.ClH/c1-24-16-8-12(2-3-15(16)25-11-17(19)22)18(23)21-6-4-13-9-20-10-14(13)5-7-21;/h2-3,8,13-14,20H,4-7,9-11H2,1H3,(H2,19,22);1H/t13-,14+;. The normalized spacial score (nSPS) is 22.0. The number of nitrogens with one attached hydrogen (secondary N) is 1. The van der Waals surface area contributed by atoms with Crippen LogP contribution in [-0.4, -0.2) is 56.6 Å². The molecule has 2 fully saturated rings. The van der Waals surface area contributed by atoms with E-state index < -0.39 is 5.91 Å². The molecule has 0 aromatic heterocycles. The van der Waals surface area contributed by atoms with Crippen LogP contribution < -0.4 is 20.5 Å². The van der Waals surface area contributed by atoms with Gasteiger partial charge in [-0.05, 0) is 56.0 Å². The minimum Gasteiger partial charge on any atom is -0.493 e. The monoisotopic (exact) mass is 383 g/mol. The average Bonchev–Trinajstić information content (AvgIpc) is 2.97. The quantitative estimate of drug-likeness (QED) is 0.792. The number of likely N-dealkylation sites (tertiary alicyclic amines) is 1. The maximum atomic E-state index is 12.9. The summed E-state index contributed by atoms with van der Waals surface area (Å²) in [4.78, 5) is 25.6. The molecule has 1 aromatic rings. The van der Waals surface area contributed by atoms with Crippen molar-refractivity contribution in [2.75, 3.05) is 39.9 Å². The number of nitrogens with zero attached hydrogens (tertiary/aromatic N) is 1. The van der Waals surface area contributed by atoms with Crippen LogP contribution >= 0.6 is 12.4 Å². The Hall–Kier alpha value is -1.99. The summed E-state index contributed by atoms with van der Waals surface area (Å²) in [7, 11) is 1.50. The lowest BCUT2D eigenvalue weighted by Gasteiger charge is -2.21. The molecule has 0 spiro atoms. The van der Waals surface area contributed by atoms with Gasteiger partial charge in [0, 0.05) is 18.7 Å². The molecule has 0 aliphatic carbocycles. The van der Waals surface area contributed by atoms with Crippen molar-refractivity contribution in [1.29, 1.82) is 0 Å². The van der Waals surface area contributed by atoms with E-state index in [1.165, 1.54) is 7.11 Å². The molecule has 8 heteroatoms. The first-order valence-electron chi connectivity index (χ1n) is 8.67. The summed E-state index contributed by atoms with van der Waals surface area (Å²) in [5.41, 5.74) is 5.65. The van der Waals surface area contributed by atoms with Gasteiger partial charge >= 0.3 is 0 Å². The number of amides is 2. The molecule has 144 valence electrons. The lowest BCUT2D eigenvalue weighted by molar-refractivity contribution is -0.119. The molecule has 2 aliphatic rings. The second-order valence-corrected chi connectivity index (χ2v) is 6.67. The molecular formula is C18H26ClN3O4. The van der Waals surface area contributed by atoms with Crippen molar-refractivity contribution in [3.63, 3.8) is 0 Å². The van der Waals surface area contributed by atoms with Crippen molar-refractivity contribution < 1.29 is 19.1 Å². The molecule has 2 amide bonds. The molecule has 2 heterocycles. The first-order valence-corrected chi connectivity index (χ1v) is 8.67. The highest BCUT2D eigenvalue weighted by molar-refractivity contribution is 5.95. The van der Waals surface area contributed by atoms with Crippen molar-refractivity contribution in [1.82, 2.24) is 10.2 Å². The number of ether oxygens (including phenoxy) is 2. The minimum absolute atomic E-state index is 0. The number of carbonyl (C=O) groups is 2. The summed E-state index contributed by atoms with van der Waals surface area (Å²) in [6.07, 6.45) is 2.08. The van der Waals surface area contributed by atoms with Crippen LogP contribution in [0, 0.1) is 11.8 Å². The molecular weight excluding hydrogens is 358 g/mol. The van der Waals surface area contributed by atoms with Gasteiger partial charge in [0.05, 0.1) is 7.11 Å². The van der Waals surface area contributed by atoms with Crippen molar-refractivity contribution >= 4 is 24.2 Å². The maximum absolute atomic E-state index is 12.9. The zero-order valence-electron chi connectivity index (χ0n) is 14.9. The summed E-state index contributed by atoms with van der Waals surface area (Å²) < 4.78 is 10.6. The number of rotatable bonds is 5. The number of methoxy groups -OCH3 is 1. The van der Waals surface area contributed by atoms with Crippen LogP contribution in [0.25, 0.3) is 0 Å². The van der Waals surface area contributed by atoms with E-state index in [1.54, 1.807) is 18.2 Å². The topological polar surface area (TPSA) is 93.9 Å². The number of hydrogen-bond acceptors (Lipinski definition) is 5. The van der Waals surface area contributed by atoms with Crippen LogP contribution in [0.4, 0.5) is 0 Å². The lowest BCUT2D eigenvalue weighted by atomic mass is 9.92. The van der Waals surface area contributed by atoms with E-state index in [0.29, 0.717) is 28.9 Å². The molecule has 3 rings (SSSR count). The second kappa shape index (κ2) is 9.09. The summed E-state index contributed by atoms with van der Waals surface area (Å²) >= 11 is 0. The SMILES string of the molecule is COc1cc(C(=O)N2CC[C@@H]3CNC[C@@H]3CC2)ccc1OCC(N)=O.Cl. The zero-order chi connectivity index (χ0) is 17.8. The Balaban J connectivity index is 0.00000243. The van der Waals surface area contributed by atoms with Crippen LogP contribution in [0.15, 0.2) is 18.2 Å². The van der Waals surface area contributed by atoms with E-state index in [0.717, 1.165) is 39.0 Å². The Kier molecular flexibility index (Phi) is 7.11. The van der Waals surface area contributed by atoms with Gasteiger partial charge in [-0.3, -0.25) is 9.59 Å². The van der Waals surface area contributed by atoms with Crippen LogP contribution in [0.3, 0.4) is 0 Å². The number of hydrogen-bond donors (Lipinski definition) is 2. The van der Waals surface area contributed by atoms with Gasteiger partial charge in [0.15, 0.2) is 18.1 Å². The molecule has 26 heavy (non-hydrogen) atoms. The van der Waals surface area contributed by atoms with Crippen molar-refractivity contribution in [2.45, 2.75) is 12.8 Å². The number of nitrogens with two attached hydrogens (primary N) is 1. The molecule has 3 N–H and O–H groups in total. The van der Waals surface area contributed by atoms with Gasteiger partial charge in [-0.25, -0.2) is 0 Å². The first kappa shape index (κ1) is 20.3. The molecule has 2 atom stereocenters. The number of fused-ring (bicyclic) bond motifs is 1. The van der Waals surface area contributed by atoms with Gasteiger partial charge in [-0.15, -0.1) is 12.4 Å². The van der Waals surface area contributed by atoms with Crippen LogP contribution in [0.1, 0.15) is 23.2 Å². The summed E-state index contributed by atoms with van der Waals surface area (Å²) in [6, 6.07) is 5.01. The Morgan fingerprint density at radius 3 is 2.42 bits per heavy atom. The largest absolute Gasteiger partial charge is 0.493 e. The van der Waals surface area contributed by atoms with Gasteiger partial charge in [0.2, 0.25) is 0 Å². The Bertz CT molecular complexity index is 641. The van der Waals surface area contributed by atoms with Gasteiger partial charge < -0.3 is 25.4 Å². The highest BCUT2D eigenvalue weighted by atomic mass is 35.5. The maximum Gasteiger partial charge on any atom is 0.255 e. The third-order valence-corrected chi connectivity index (χ3v) is 5.09. The van der Waals surface area contributed by atoms with E-state index in [2.05, 4.69) is 5.32 Å². The third-order valence-electron chi connectivity index (χ3n) is 5.09. The van der Waals surface area contributed by atoms with Crippen LogP contribution in [-0.2, 0) is 4.79 Å². The molecule has 7 nitrogen and oxygen atoms in total. The summed E-state index contributed by atoms with van der Waals surface area (Å²) in [6.45, 7) is 3.46. The molecule has 1 aromatic carbocycles. The predicted octanol–water partition coefficient (Wildman–Crippen LogP) is 1.05. The van der Waals surface area contributed by atoms with Gasteiger partial charge in [0.1, 0.15) is 0 Å². The minimum atomic E-state index is -0.563. The summed E-state index contributed by atoms with van der Waals surface area (Å²) in [5.74, 6) is 1.62.